The summed E-state index contributed by atoms with van der Waals surface area (Å²) in [5.41, 5.74) is -0.377. The normalized spacial score (nSPS) is 37.1. The molecule has 18 nitrogen and oxygen atoms in total. The predicted octanol–water partition coefficient (Wildman–Crippen LogP) is 4.69. The minimum Gasteiger partial charge on any atom is -0.460 e. The van der Waals surface area contributed by atoms with Crippen LogP contribution in [0, 0.1) is 40.9 Å². The number of hydrogen-bond donors (Lipinski definition) is 5. The summed E-state index contributed by atoms with van der Waals surface area (Å²) in [5, 5.41) is 53.3. The van der Waals surface area contributed by atoms with Crippen molar-refractivity contribution in [1.29, 1.82) is 0 Å². The second-order valence-electron chi connectivity index (χ2n) is 21.8. The van der Waals surface area contributed by atoms with Crippen molar-refractivity contribution >= 4 is 35.2 Å². The van der Waals surface area contributed by atoms with E-state index in [1.54, 1.807) is 58.1 Å². The Balaban J connectivity index is 1.70. The standard InChI is InChI=1S/C56H87NO17/c1-33-16-12-11-13-17-40(30-58)26-37(5)49(63)50(71-10)48(62)36(4)24-34(2)43(61)29-46(35(3)25-39-20-22-44(47(27-39)70-9)73-54(67)55(7,31-59)32-60)72-53(66)42-18-14-15-23-57(42)52(65)51(64)56(68)38(6)19-21-41(74-56)28-45(33)69-8/h11-13,16-17,24,34-35,37-42,44-48,50,58-60,62,68H,14-15,18-23,25-32H2,1-10H3/b12-11+,17-13+,33-16+,36-24+/t34-,35-,37-,38-,39+,40?,41+,42+,44-,45+,46+,47-,48-,50-,56-/m1/s1. The van der Waals surface area contributed by atoms with E-state index in [0.717, 1.165) is 10.5 Å². The Hall–Kier alpha value is -3.98. The van der Waals surface area contributed by atoms with Crippen molar-refractivity contribution in [1.82, 2.24) is 4.90 Å². The zero-order valence-electron chi connectivity index (χ0n) is 45.4. The molecule has 18 heteroatoms. The highest BCUT2D eigenvalue weighted by atomic mass is 16.6. The van der Waals surface area contributed by atoms with Crippen LogP contribution < -0.4 is 0 Å². The smallest absolute Gasteiger partial charge is 0.329 e. The number of ketones is 3. The number of aliphatic hydroxyl groups excluding tert-OH is 4. The second kappa shape index (κ2) is 29.0. The lowest BCUT2D eigenvalue weighted by atomic mass is 9.78. The first kappa shape index (κ1) is 62.6. The van der Waals surface area contributed by atoms with Crippen LogP contribution in [0.15, 0.2) is 47.6 Å². The molecule has 3 aliphatic heterocycles. The van der Waals surface area contributed by atoms with E-state index in [9.17, 15) is 54.3 Å². The molecule has 0 radical (unpaired) electrons. The Morgan fingerprint density at radius 1 is 0.865 bits per heavy atom. The Morgan fingerprint density at radius 3 is 2.20 bits per heavy atom. The summed E-state index contributed by atoms with van der Waals surface area (Å²) < 4.78 is 35.4. The average Bonchev–Trinajstić information content (AvgIpc) is 3.39. The van der Waals surface area contributed by atoms with Gasteiger partial charge < -0.3 is 58.9 Å². The minimum atomic E-state index is -2.49. The number of cyclic esters (lactones) is 1. The van der Waals surface area contributed by atoms with Crippen LogP contribution in [0.5, 0.6) is 0 Å². The van der Waals surface area contributed by atoms with Crippen molar-refractivity contribution in [3.05, 3.63) is 47.6 Å². The number of esters is 2. The van der Waals surface area contributed by atoms with Crippen molar-refractivity contribution in [3.8, 4) is 0 Å². The van der Waals surface area contributed by atoms with Crippen molar-refractivity contribution < 1.29 is 82.7 Å². The Bertz CT molecular complexity index is 2030. The summed E-state index contributed by atoms with van der Waals surface area (Å²) in [4.78, 5) is 85.4. The summed E-state index contributed by atoms with van der Waals surface area (Å²) in [6, 6.07) is -1.22. The van der Waals surface area contributed by atoms with Gasteiger partial charge >= 0.3 is 11.9 Å². The fourth-order valence-electron chi connectivity index (χ4n) is 10.7. The van der Waals surface area contributed by atoms with E-state index in [0.29, 0.717) is 56.9 Å². The SMILES string of the molecule is CO[C@H]1C[C@@H]2CC[C@@H](C)[C@@](O)(O2)C(=O)C(=O)N2CCCC[C@H]2C(=O)O[C@H]([C@H](C)C[C@@H]2CC[C@@H](OC(=O)C(C)(CO)CO)[C@H](OC)C2)CC(=O)[C@H](C)/C=C(\C)[C@@H](O)[C@@H](OC)C(=O)[C@H](C)CC(CO)/C=C/C=C/C=C/1C. The Labute approximate surface area is 437 Å². The maximum atomic E-state index is 14.5. The number of carbonyl (C=O) groups excluding carboxylic acids is 6. The maximum Gasteiger partial charge on any atom is 0.329 e. The van der Waals surface area contributed by atoms with Gasteiger partial charge in [0.15, 0.2) is 5.78 Å². The Kier molecular flexibility index (Phi) is 24.5. The molecule has 5 N–H and O–H groups in total. The highest BCUT2D eigenvalue weighted by Crippen LogP contribution is 2.38. The summed E-state index contributed by atoms with van der Waals surface area (Å²) in [5.74, 6) is -10.2. The Morgan fingerprint density at radius 2 is 1.57 bits per heavy atom. The van der Waals surface area contributed by atoms with Crippen molar-refractivity contribution in [2.45, 2.75) is 180 Å². The van der Waals surface area contributed by atoms with Crippen LogP contribution in [0.1, 0.15) is 126 Å². The third kappa shape index (κ3) is 16.0. The highest BCUT2D eigenvalue weighted by molar-refractivity contribution is 6.39. The average molecular weight is 1050 g/mol. The molecule has 1 aliphatic carbocycles. The van der Waals surface area contributed by atoms with Crippen LogP contribution in [-0.4, -0.2) is 168 Å². The van der Waals surface area contributed by atoms with Crippen LogP contribution in [-0.2, 0) is 57.2 Å². The molecule has 74 heavy (non-hydrogen) atoms. The lowest BCUT2D eigenvalue weighted by Gasteiger charge is -2.42. The number of fused-ring (bicyclic) bond motifs is 3. The van der Waals surface area contributed by atoms with E-state index in [4.69, 9.17) is 28.4 Å². The van der Waals surface area contributed by atoms with E-state index >= 15 is 0 Å². The third-order valence-corrected chi connectivity index (χ3v) is 16.0. The van der Waals surface area contributed by atoms with E-state index in [-0.39, 0.29) is 56.3 Å². The first-order valence-electron chi connectivity index (χ1n) is 26.5. The van der Waals surface area contributed by atoms with Crippen molar-refractivity contribution in [2.75, 3.05) is 47.7 Å². The van der Waals surface area contributed by atoms with E-state index in [2.05, 4.69) is 0 Å². The molecule has 15 atom stereocenters. The van der Waals surface area contributed by atoms with E-state index in [1.165, 1.54) is 28.3 Å². The van der Waals surface area contributed by atoms with Gasteiger partial charge in [0.25, 0.3) is 11.7 Å². The number of rotatable bonds is 11. The second-order valence-corrected chi connectivity index (χ2v) is 21.8. The van der Waals surface area contributed by atoms with Crippen molar-refractivity contribution in [3.63, 3.8) is 0 Å². The van der Waals surface area contributed by atoms with Gasteiger partial charge in [-0.15, -0.1) is 0 Å². The molecule has 1 unspecified atom stereocenters. The van der Waals surface area contributed by atoms with Gasteiger partial charge in [-0.1, -0.05) is 64.2 Å². The minimum absolute atomic E-state index is 0.0334. The van der Waals surface area contributed by atoms with Gasteiger partial charge in [0.1, 0.15) is 41.7 Å². The molecule has 0 aromatic rings. The monoisotopic (exact) mass is 1050 g/mol. The molecule has 418 valence electrons. The number of allylic oxidation sites excluding steroid dienone is 5. The molecule has 1 saturated carbocycles. The molecule has 0 aromatic heterocycles. The van der Waals surface area contributed by atoms with Crippen LogP contribution >= 0.6 is 0 Å². The number of amides is 1. The van der Waals surface area contributed by atoms with E-state index in [1.807, 2.05) is 19.9 Å². The topological polar surface area (TPSA) is 262 Å². The lowest BCUT2D eigenvalue weighted by molar-refractivity contribution is -0.265. The number of piperidine rings is 1. The quantitative estimate of drug-likeness (QED) is 0.107. The summed E-state index contributed by atoms with van der Waals surface area (Å²) in [7, 11) is 4.36. The molecule has 2 saturated heterocycles. The third-order valence-electron chi connectivity index (χ3n) is 16.0. The highest BCUT2D eigenvalue weighted by Gasteiger charge is 2.53. The fraction of sp³-hybridized carbons (Fsp3) is 0.750. The van der Waals surface area contributed by atoms with Gasteiger partial charge in [0, 0.05) is 71.0 Å². The molecule has 0 spiro atoms. The molecular weight excluding hydrogens is 959 g/mol. The maximum absolute atomic E-state index is 14.5. The summed E-state index contributed by atoms with van der Waals surface area (Å²) in [6.45, 7) is 10.3. The van der Waals surface area contributed by atoms with Crippen molar-refractivity contribution in [2.24, 2.45) is 40.9 Å². The number of carbonyl (C=O) groups is 6. The van der Waals surface area contributed by atoms with Crippen LogP contribution in [0.25, 0.3) is 0 Å². The van der Waals surface area contributed by atoms with E-state index < -0.39 is 126 Å². The predicted molar refractivity (Wildman–Crippen MR) is 273 cm³/mol. The van der Waals surface area contributed by atoms with Crippen LogP contribution in [0.3, 0.4) is 0 Å². The van der Waals surface area contributed by atoms with Gasteiger partial charge in [0.05, 0.1) is 31.5 Å². The number of hydrogen-bond acceptors (Lipinski definition) is 17. The van der Waals surface area contributed by atoms with Gasteiger partial charge in [-0.2, -0.15) is 0 Å². The summed E-state index contributed by atoms with van der Waals surface area (Å²) >= 11 is 0. The molecular formula is C56H87NO17. The first-order valence-corrected chi connectivity index (χ1v) is 26.5. The number of aliphatic hydroxyl groups is 5. The number of methoxy groups -OCH3 is 3. The molecule has 1 amide bonds. The molecule has 4 aliphatic rings. The number of nitrogens with zero attached hydrogens (tertiary/aromatic N) is 1. The van der Waals surface area contributed by atoms with Gasteiger partial charge in [-0.05, 0) is 108 Å². The number of ether oxygens (including phenoxy) is 6. The lowest BCUT2D eigenvalue weighted by Crippen LogP contribution is -2.61. The van der Waals surface area contributed by atoms with Gasteiger partial charge in [-0.3, -0.25) is 24.0 Å². The zero-order valence-corrected chi connectivity index (χ0v) is 45.4. The molecule has 0 aromatic carbocycles. The fourth-order valence-corrected chi connectivity index (χ4v) is 10.7. The van der Waals surface area contributed by atoms with Gasteiger partial charge in [0.2, 0.25) is 5.79 Å². The molecule has 4 rings (SSSR count). The first-order chi connectivity index (χ1) is 35.0. The van der Waals surface area contributed by atoms with Gasteiger partial charge in [-0.25, -0.2) is 4.79 Å². The molecule has 3 heterocycles. The van der Waals surface area contributed by atoms with Crippen LogP contribution in [0.4, 0.5) is 0 Å². The summed E-state index contributed by atoms with van der Waals surface area (Å²) in [6.07, 6.45) is 8.53. The molecule has 2 bridgehead atoms. The number of Topliss-reactive ketones (excluding diaryl/α,β-unsaturated/α-hetero) is 3. The molecule has 3 fully saturated rings. The largest absolute Gasteiger partial charge is 0.460 e. The van der Waals surface area contributed by atoms with Crippen LogP contribution in [0.2, 0.25) is 0 Å². The zero-order chi connectivity index (χ0) is 55.1.